The average molecular weight is 326 g/mol. The van der Waals surface area contributed by atoms with E-state index < -0.39 is 0 Å². The molecule has 0 heterocycles. The third-order valence-electron chi connectivity index (χ3n) is 4.31. The van der Waals surface area contributed by atoms with Crippen LogP contribution in [0.2, 0.25) is 0 Å². The molecular weight excluding hydrogens is 302 g/mol. The van der Waals surface area contributed by atoms with E-state index in [1.807, 2.05) is 19.1 Å². The van der Waals surface area contributed by atoms with E-state index in [4.69, 9.17) is 10.5 Å². The lowest BCUT2D eigenvalue weighted by Crippen LogP contribution is -2.29. The quantitative estimate of drug-likeness (QED) is 0.876. The smallest absolute Gasteiger partial charge is 0.124 e. The molecule has 1 saturated carbocycles. The molecule has 1 aliphatic carbocycles. The summed E-state index contributed by atoms with van der Waals surface area (Å²) in [5, 5.41) is 0. The number of hydrogen-bond acceptors (Lipinski definition) is 2. The van der Waals surface area contributed by atoms with Gasteiger partial charge in [-0.2, -0.15) is 0 Å². The van der Waals surface area contributed by atoms with E-state index in [-0.39, 0.29) is 6.04 Å². The minimum Gasteiger partial charge on any atom is -0.490 e. The second-order valence-corrected chi connectivity index (χ2v) is 6.89. The summed E-state index contributed by atoms with van der Waals surface area (Å²) in [6.07, 6.45) is 3.90. The first-order valence-electron chi connectivity index (χ1n) is 7.19. The third-order valence-corrected chi connectivity index (χ3v) is 4.80. The van der Waals surface area contributed by atoms with Crippen LogP contribution in [0.25, 0.3) is 0 Å². The summed E-state index contributed by atoms with van der Waals surface area (Å²) >= 11 is 3.50. The molecule has 3 heteroatoms. The summed E-state index contributed by atoms with van der Waals surface area (Å²) in [5.41, 5.74) is 7.12. The van der Waals surface area contributed by atoms with Crippen LogP contribution in [-0.2, 0) is 0 Å². The van der Waals surface area contributed by atoms with Gasteiger partial charge in [-0.3, -0.25) is 0 Å². The average Bonchev–Trinajstić information content (AvgIpc) is 2.36. The van der Waals surface area contributed by atoms with Crippen molar-refractivity contribution in [2.75, 3.05) is 0 Å². The molecule has 0 spiro atoms. The second-order valence-electron chi connectivity index (χ2n) is 5.98. The Bertz CT molecular complexity index is 433. The molecule has 1 aromatic carbocycles. The summed E-state index contributed by atoms with van der Waals surface area (Å²) in [4.78, 5) is 0. The van der Waals surface area contributed by atoms with E-state index in [9.17, 15) is 0 Å². The number of benzene rings is 1. The summed E-state index contributed by atoms with van der Waals surface area (Å²) in [7, 11) is 0. The summed E-state index contributed by atoms with van der Waals surface area (Å²) in [6.45, 7) is 6.67. The molecule has 19 heavy (non-hydrogen) atoms. The van der Waals surface area contributed by atoms with Gasteiger partial charge in [-0.15, -0.1) is 0 Å². The minimum absolute atomic E-state index is 0.00700. The highest BCUT2D eigenvalue weighted by molar-refractivity contribution is 9.10. The second kappa shape index (κ2) is 6.27. The van der Waals surface area contributed by atoms with Gasteiger partial charge < -0.3 is 10.5 Å². The van der Waals surface area contributed by atoms with Gasteiger partial charge in [0.25, 0.3) is 0 Å². The lowest BCUT2D eigenvalue weighted by Gasteiger charge is -2.33. The number of ether oxygens (including phenoxy) is 1. The van der Waals surface area contributed by atoms with Gasteiger partial charge >= 0.3 is 0 Å². The minimum atomic E-state index is -0.00700. The Morgan fingerprint density at radius 1 is 1.26 bits per heavy atom. The lowest BCUT2D eigenvalue weighted by molar-refractivity contribution is 0.0994. The van der Waals surface area contributed by atoms with E-state index in [0.29, 0.717) is 6.10 Å². The molecule has 0 bridgehead atoms. The molecule has 0 aliphatic heterocycles. The van der Waals surface area contributed by atoms with Crippen molar-refractivity contribution in [1.82, 2.24) is 0 Å². The highest BCUT2D eigenvalue weighted by Crippen LogP contribution is 2.34. The van der Waals surface area contributed by atoms with Gasteiger partial charge in [0, 0.05) is 16.1 Å². The predicted octanol–water partition coefficient (Wildman–Crippen LogP) is 4.67. The molecule has 0 amide bonds. The summed E-state index contributed by atoms with van der Waals surface area (Å²) in [5.74, 6) is 2.51. The summed E-state index contributed by atoms with van der Waals surface area (Å²) < 4.78 is 7.27. The maximum Gasteiger partial charge on any atom is 0.124 e. The Balaban J connectivity index is 2.11. The molecule has 1 aliphatic rings. The van der Waals surface area contributed by atoms with Crippen LogP contribution in [0.15, 0.2) is 22.7 Å². The van der Waals surface area contributed by atoms with Crippen LogP contribution in [0.5, 0.6) is 5.75 Å². The maximum absolute atomic E-state index is 6.22. The van der Waals surface area contributed by atoms with Crippen molar-refractivity contribution in [3.05, 3.63) is 28.2 Å². The first kappa shape index (κ1) is 14.9. The number of nitrogens with two attached hydrogens (primary N) is 1. The number of rotatable bonds is 3. The third kappa shape index (κ3) is 3.73. The van der Waals surface area contributed by atoms with Crippen LogP contribution in [-0.4, -0.2) is 6.10 Å². The molecule has 2 N–H and O–H groups in total. The molecule has 106 valence electrons. The van der Waals surface area contributed by atoms with E-state index >= 15 is 0 Å². The van der Waals surface area contributed by atoms with Crippen LogP contribution in [0, 0.1) is 11.8 Å². The fraction of sp³-hybridized carbons (Fsp3) is 0.625. The van der Waals surface area contributed by atoms with Gasteiger partial charge in [-0.25, -0.2) is 0 Å². The van der Waals surface area contributed by atoms with Gasteiger partial charge in [0.15, 0.2) is 0 Å². The normalized spacial score (nSPS) is 29.0. The van der Waals surface area contributed by atoms with Crippen LogP contribution in [0.1, 0.15) is 51.6 Å². The Morgan fingerprint density at radius 3 is 2.63 bits per heavy atom. The Morgan fingerprint density at radius 2 is 2.00 bits per heavy atom. The highest BCUT2D eigenvalue weighted by Gasteiger charge is 2.26. The Hall–Kier alpha value is -0.540. The van der Waals surface area contributed by atoms with Crippen LogP contribution < -0.4 is 10.5 Å². The number of halogens is 1. The highest BCUT2D eigenvalue weighted by atomic mass is 79.9. The number of hydrogen-bond donors (Lipinski definition) is 1. The van der Waals surface area contributed by atoms with E-state index in [0.717, 1.165) is 40.5 Å². The van der Waals surface area contributed by atoms with Crippen LogP contribution in [0.3, 0.4) is 0 Å². The molecule has 0 aromatic heterocycles. The van der Waals surface area contributed by atoms with Crippen molar-refractivity contribution >= 4 is 15.9 Å². The van der Waals surface area contributed by atoms with Crippen LogP contribution >= 0.6 is 15.9 Å². The van der Waals surface area contributed by atoms with Crippen molar-refractivity contribution in [3.8, 4) is 5.75 Å². The molecule has 0 saturated heterocycles. The predicted molar refractivity (Wildman–Crippen MR) is 83.3 cm³/mol. The molecule has 2 rings (SSSR count). The molecule has 4 atom stereocenters. The molecule has 0 radical (unpaired) electrons. The van der Waals surface area contributed by atoms with Crippen molar-refractivity contribution < 1.29 is 4.74 Å². The van der Waals surface area contributed by atoms with E-state index in [1.54, 1.807) is 0 Å². The summed E-state index contributed by atoms with van der Waals surface area (Å²) in [6, 6.07) is 6.11. The zero-order valence-corrected chi connectivity index (χ0v) is 13.6. The van der Waals surface area contributed by atoms with Gasteiger partial charge in [-0.05, 0) is 56.2 Å². The maximum atomic E-state index is 6.22. The lowest BCUT2D eigenvalue weighted by atomic mass is 9.80. The molecule has 3 unspecified atom stereocenters. The zero-order chi connectivity index (χ0) is 14.0. The monoisotopic (exact) mass is 325 g/mol. The SMILES string of the molecule is CC1CCC(Oc2ccc(Br)cc2[C@@H](C)N)CC1C. The standard InChI is InChI=1S/C16H24BrNO/c1-10-4-6-14(8-11(10)2)19-16-7-5-13(17)9-15(16)12(3)18/h5,7,9-12,14H,4,6,8,18H2,1-3H3/t10?,11?,12-,14?/m1/s1. The molecule has 2 nitrogen and oxygen atoms in total. The fourth-order valence-electron chi connectivity index (χ4n) is 2.77. The van der Waals surface area contributed by atoms with Gasteiger partial charge in [0.2, 0.25) is 0 Å². The fourth-order valence-corrected chi connectivity index (χ4v) is 3.15. The van der Waals surface area contributed by atoms with Gasteiger partial charge in [0.05, 0.1) is 6.10 Å². The Labute approximate surface area is 124 Å². The molecular formula is C16H24BrNO. The first-order chi connectivity index (χ1) is 8.97. The van der Waals surface area contributed by atoms with Crippen molar-refractivity contribution in [3.63, 3.8) is 0 Å². The van der Waals surface area contributed by atoms with Crippen molar-refractivity contribution in [2.24, 2.45) is 17.6 Å². The van der Waals surface area contributed by atoms with Crippen molar-refractivity contribution in [1.29, 1.82) is 0 Å². The van der Waals surface area contributed by atoms with Gasteiger partial charge in [0.1, 0.15) is 5.75 Å². The molecule has 1 fully saturated rings. The zero-order valence-electron chi connectivity index (χ0n) is 12.0. The largest absolute Gasteiger partial charge is 0.490 e. The topological polar surface area (TPSA) is 35.2 Å². The van der Waals surface area contributed by atoms with Gasteiger partial charge in [-0.1, -0.05) is 29.8 Å². The van der Waals surface area contributed by atoms with E-state index in [2.05, 4.69) is 35.8 Å². The van der Waals surface area contributed by atoms with E-state index in [1.165, 1.54) is 6.42 Å². The molecule has 1 aromatic rings. The Kier molecular flexibility index (Phi) is 4.91. The van der Waals surface area contributed by atoms with Crippen molar-refractivity contribution in [2.45, 2.75) is 52.2 Å². The first-order valence-corrected chi connectivity index (χ1v) is 7.98. The van der Waals surface area contributed by atoms with Crippen LogP contribution in [0.4, 0.5) is 0 Å².